The molecule has 0 bridgehead atoms. The van der Waals surface area contributed by atoms with Crippen LogP contribution in [0.15, 0.2) is 103 Å². The van der Waals surface area contributed by atoms with Gasteiger partial charge >= 0.3 is 0 Å². The molecule has 1 aromatic heterocycles. The molecule has 1 heterocycles. The van der Waals surface area contributed by atoms with E-state index in [1.807, 2.05) is 30.3 Å². The molecule has 0 aliphatic rings. The molecule has 0 aliphatic carbocycles. The van der Waals surface area contributed by atoms with Crippen LogP contribution in [0, 0.1) is 0 Å². The van der Waals surface area contributed by atoms with Crippen LogP contribution in [0.1, 0.15) is 0 Å². The normalized spacial score (nSPS) is 10.8. The Bertz CT molecular complexity index is 1310. The first-order chi connectivity index (χ1) is 15.7. The summed E-state index contributed by atoms with van der Waals surface area (Å²) in [7, 11) is 0. The Balaban J connectivity index is 1.66. The van der Waals surface area contributed by atoms with Crippen molar-refractivity contribution in [2.24, 2.45) is 0 Å². The van der Waals surface area contributed by atoms with Crippen LogP contribution < -0.4 is 0 Å². The van der Waals surface area contributed by atoms with E-state index >= 15 is 0 Å². The maximum atomic E-state index is 5.99. The van der Waals surface area contributed by atoms with Crippen LogP contribution in [0.4, 0.5) is 0 Å². The zero-order chi connectivity index (χ0) is 21.9. The lowest BCUT2D eigenvalue weighted by Crippen LogP contribution is -1.94. The Kier molecular flexibility index (Phi) is 5.68. The maximum Gasteiger partial charge on any atom is 0.227 e. The molecule has 154 valence electrons. The van der Waals surface area contributed by atoms with E-state index in [-0.39, 0.29) is 10.6 Å². The number of nitrogens with zero attached hydrogens (tertiary/aromatic N) is 3. The van der Waals surface area contributed by atoms with Gasteiger partial charge in [0, 0.05) is 5.56 Å². The van der Waals surface area contributed by atoms with E-state index < -0.39 is 0 Å². The molecule has 0 unspecified atom stereocenters. The zero-order valence-corrected chi connectivity index (χ0v) is 18.4. The van der Waals surface area contributed by atoms with Crippen molar-refractivity contribution >= 4 is 23.2 Å². The average Bonchev–Trinajstić information content (AvgIpc) is 2.84. The number of aromatic nitrogens is 3. The highest BCUT2D eigenvalue weighted by Crippen LogP contribution is 2.34. The number of hydrogen-bond donors (Lipinski definition) is 0. The first-order valence-corrected chi connectivity index (χ1v) is 10.9. The lowest BCUT2D eigenvalue weighted by molar-refractivity contribution is 1.06. The van der Waals surface area contributed by atoms with Gasteiger partial charge in [-0.2, -0.15) is 15.0 Å². The van der Waals surface area contributed by atoms with E-state index in [2.05, 4.69) is 87.7 Å². The molecule has 0 saturated heterocycles. The maximum absolute atomic E-state index is 5.99. The Morgan fingerprint density at radius 2 is 0.781 bits per heavy atom. The Labute approximate surface area is 196 Å². The molecule has 0 amide bonds. The average molecular weight is 454 g/mol. The molecule has 5 heteroatoms. The predicted octanol–water partition coefficient (Wildman–Crippen LogP) is 7.85. The monoisotopic (exact) mass is 453 g/mol. The topological polar surface area (TPSA) is 38.7 Å². The number of halogens is 2. The molecule has 3 nitrogen and oxygen atoms in total. The molecule has 0 atom stereocenters. The van der Waals surface area contributed by atoms with Crippen molar-refractivity contribution < 1.29 is 0 Å². The molecule has 4 aromatic carbocycles. The minimum atomic E-state index is 0.0721. The highest BCUT2D eigenvalue weighted by atomic mass is 35.5. The summed E-state index contributed by atoms with van der Waals surface area (Å²) in [6.45, 7) is 0. The van der Waals surface area contributed by atoms with Gasteiger partial charge in [0.15, 0.2) is 5.82 Å². The van der Waals surface area contributed by atoms with Gasteiger partial charge in [-0.15, -0.1) is 0 Å². The summed E-state index contributed by atoms with van der Waals surface area (Å²) < 4.78 is 0. The Morgan fingerprint density at radius 3 is 1.31 bits per heavy atom. The summed E-state index contributed by atoms with van der Waals surface area (Å²) >= 11 is 12.0. The number of hydrogen-bond acceptors (Lipinski definition) is 3. The Morgan fingerprint density at radius 1 is 0.375 bits per heavy atom. The van der Waals surface area contributed by atoms with Crippen LogP contribution in [0.5, 0.6) is 0 Å². The van der Waals surface area contributed by atoms with E-state index in [1.54, 1.807) is 0 Å². The zero-order valence-electron chi connectivity index (χ0n) is 16.9. The number of benzene rings is 4. The molecule has 0 spiro atoms. The second kappa shape index (κ2) is 8.91. The van der Waals surface area contributed by atoms with Crippen LogP contribution >= 0.6 is 23.2 Å². The van der Waals surface area contributed by atoms with Crippen LogP contribution in [0.3, 0.4) is 0 Å². The van der Waals surface area contributed by atoms with Crippen molar-refractivity contribution in [1.82, 2.24) is 15.0 Å². The summed E-state index contributed by atoms with van der Waals surface area (Å²) in [5, 5.41) is 0.144. The smallest absolute Gasteiger partial charge is 0.198 e. The third-order valence-electron chi connectivity index (χ3n) is 5.18. The second-order valence-corrected chi connectivity index (χ2v) is 7.99. The van der Waals surface area contributed by atoms with Gasteiger partial charge in [0.2, 0.25) is 10.6 Å². The van der Waals surface area contributed by atoms with Crippen molar-refractivity contribution in [2.45, 2.75) is 0 Å². The number of rotatable bonds is 4. The predicted molar refractivity (Wildman–Crippen MR) is 132 cm³/mol. The lowest BCUT2D eigenvalue weighted by Gasteiger charge is -2.12. The van der Waals surface area contributed by atoms with Gasteiger partial charge in [-0.25, -0.2) is 0 Å². The summed E-state index contributed by atoms with van der Waals surface area (Å²) in [5.41, 5.74) is 7.60. The minimum Gasteiger partial charge on any atom is -0.198 e. The summed E-state index contributed by atoms with van der Waals surface area (Å²) in [6.07, 6.45) is 0. The molecule has 5 aromatic rings. The first-order valence-electron chi connectivity index (χ1n) is 10.1. The minimum absolute atomic E-state index is 0.0721. The van der Waals surface area contributed by atoms with Crippen LogP contribution in [0.25, 0.3) is 44.8 Å². The van der Waals surface area contributed by atoms with E-state index in [9.17, 15) is 0 Å². The second-order valence-electron chi connectivity index (χ2n) is 7.31. The largest absolute Gasteiger partial charge is 0.227 e. The molecule has 0 aliphatic heterocycles. The Hall–Kier alpha value is -3.53. The third kappa shape index (κ3) is 4.40. The van der Waals surface area contributed by atoms with E-state index in [1.165, 1.54) is 11.1 Å². The van der Waals surface area contributed by atoms with Gasteiger partial charge in [-0.05, 0) is 80.8 Å². The molecule has 32 heavy (non-hydrogen) atoms. The van der Waals surface area contributed by atoms with Crippen molar-refractivity contribution in [3.05, 3.63) is 114 Å². The molecule has 0 radical (unpaired) electrons. The SMILES string of the molecule is Clc1nc(Cl)nc(-c2cccc(-c3cc(-c4ccccc4)cc(-c4ccccc4)c3)c2)n1. The van der Waals surface area contributed by atoms with Crippen LogP contribution in [0.2, 0.25) is 10.6 Å². The molecule has 5 rings (SSSR count). The highest BCUT2D eigenvalue weighted by molar-refractivity contribution is 6.31. The quantitative estimate of drug-likeness (QED) is 0.278. The summed E-state index contributed by atoms with van der Waals surface area (Å²) in [6, 6.07) is 35.4. The molecule has 0 N–H and O–H groups in total. The van der Waals surface area contributed by atoms with Gasteiger partial charge in [0.1, 0.15) is 0 Å². The van der Waals surface area contributed by atoms with Crippen LogP contribution in [-0.4, -0.2) is 15.0 Å². The highest BCUT2D eigenvalue weighted by Gasteiger charge is 2.10. The van der Waals surface area contributed by atoms with Crippen molar-refractivity contribution in [3.8, 4) is 44.8 Å². The van der Waals surface area contributed by atoms with Crippen molar-refractivity contribution in [2.75, 3.05) is 0 Å². The summed E-state index contributed by atoms with van der Waals surface area (Å²) in [4.78, 5) is 12.3. The molecule has 0 fully saturated rings. The van der Waals surface area contributed by atoms with E-state index in [4.69, 9.17) is 23.2 Å². The van der Waals surface area contributed by atoms with Crippen LogP contribution in [-0.2, 0) is 0 Å². The van der Waals surface area contributed by atoms with Gasteiger partial charge in [0.25, 0.3) is 0 Å². The molecular weight excluding hydrogens is 437 g/mol. The standard InChI is InChI=1S/C27H17Cl2N3/c28-26-30-25(31-27(29)32-26)21-13-7-12-20(14-21)24-16-22(18-8-3-1-4-9-18)15-23(17-24)19-10-5-2-6-11-19/h1-17H. The fraction of sp³-hybridized carbons (Fsp3) is 0. The van der Waals surface area contributed by atoms with E-state index in [0.29, 0.717) is 5.82 Å². The van der Waals surface area contributed by atoms with Gasteiger partial charge < -0.3 is 0 Å². The van der Waals surface area contributed by atoms with Crippen molar-refractivity contribution in [3.63, 3.8) is 0 Å². The van der Waals surface area contributed by atoms with Gasteiger partial charge in [-0.1, -0.05) is 78.9 Å². The molecular formula is C27H17Cl2N3. The molecule has 0 saturated carbocycles. The van der Waals surface area contributed by atoms with Gasteiger partial charge in [0.05, 0.1) is 0 Å². The summed E-state index contributed by atoms with van der Waals surface area (Å²) in [5.74, 6) is 0.444. The fourth-order valence-electron chi connectivity index (χ4n) is 3.68. The first kappa shape index (κ1) is 20.4. The van der Waals surface area contributed by atoms with Crippen molar-refractivity contribution in [1.29, 1.82) is 0 Å². The fourth-order valence-corrected chi connectivity index (χ4v) is 4.05. The van der Waals surface area contributed by atoms with Gasteiger partial charge in [-0.3, -0.25) is 0 Å². The lowest BCUT2D eigenvalue weighted by atomic mass is 9.93. The third-order valence-corrected chi connectivity index (χ3v) is 5.52. The van der Waals surface area contributed by atoms with E-state index in [0.717, 1.165) is 27.8 Å².